The number of terminal acetylenes is 1. The van der Waals surface area contributed by atoms with Gasteiger partial charge in [-0.25, -0.2) is 0 Å². The molecule has 1 saturated carbocycles. The Morgan fingerprint density at radius 1 is 1.46 bits per heavy atom. The molecule has 1 heteroatoms. The maximum atomic E-state index is 5.44. The van der Waals surface area contributed by atoms with Gasteiger partial charge in [0, 0.05) is 6.04 Å². The van der Waals surface area contributed by atoms with E-state index in [9.17, 15) is 0 Å². The molecule has 0 aromatic rings. The summed E-state index contributed by atoms with van der Waals surface area (Å²) in [6, 6.07) is 0.612. The Labute approximate surface area is 82.3 Å². The zero-order chi connectivity index (χ0) is 10.1. The summed E-state index contributed by atoms with van der Waals surface area (Å²) in [5.41, 5.74) is 0.355. The molecule has 1 aliphatic rings. The summed E-state index contributed by atoms with van der Waals surface area (Å²) in [4.78, 5) is 0. The molecular formula is C12H21N. The minimum absolute atomic E-state index is 0.148. The van der Waals surface area contributed by atoms with Crippen LogP contribution in [0.1, 0.15) is 47.0 Å². The highest BCUT2D eigenvalue weighted by Crippen LogP contribution is 2.37. The normalized spacial score (nSPS) is 27.2. The lowest BCUT2D eigenvalue weighted by molar-refractivity contribution is 0.343. The van der Waals surface area contributed by atoms with Crippen LogP contribution < -0.4 is 5.32 Å². The zero-order valence-corrected chi connectivity index (χ0v) is 9.28. The first-order valence-corrected chi connectivity index (χ1v) is 5.10. The second-order valence-electron chi connectivity index (χ2n) is 5.52. The third-order valence-electron chi connectivity index (χ3n) is 2.89. The van der Waals surface area contributed by atoms with E-state index in [2.05, 4.69) is 38.9 Å². The van der Waals surface area contributed by atoms with Crippen LogP contribution in [-0.2, 0) is 0 Å². The fourth-order valence-corrected chi connectivity index (χ4v) is 2.11. The van der Waals surface area contributed by atoms with Crippen molar-refractivity contribution in [1.29, 1.82) is 0 Å². The Balaban J connectivity index is 2.46. The Kier molecular flexibility index (Phi) is 2.73. The van der Waals surface area contributed by atoms with Gasteiger partial charge in [-0.3, -0.25) is 5.32 Å². The Morgan fingerprint density at radius 3 is 2.46 bits per heavy atom. The van der Waals surface area contributed by atoms with Crippen LogP contribution in [0.3, 0.4) is 0 Å². The van der Waals surface area contributed by atoms with Crippen molar-refractivity contribution in [2.45, 2.75) is 58.5 Å². The fourth-order valence-electron chi connectivity index (χ4n) is 2.11. The van der Waals surface area contributed by atoms with Gasteiger partial charge in [0.05, 0.1) is 5.54 Å². The second-order valence-corrected chi connectivity index (χ2v) is 5.52. The molecule has 1 unspecified atom stereocenters. The molecule has 0 spiro atoms. The van der Waals surface area contributed by atoms with Gasteiger partial charge in [0.2, 0.25) is 0 Å². The lowest BCUT2D eigenvalue weighted by atomic mass is 9.91. The van der Waals surface area contributed by atoms with Crippen molar-refractivity contribution < 1.29 is 0 Å². The van der Waals surface area contributed by atoms with Gasteiger partial charge in [-0.05, 0) is 38.5 Å². The maximum Gasteiger partial charge on any atom is 0.0743 e. The molecule has 1 aliphatic carbocycles. The van der Waals surface area contributed by atoms with Crippen molar-refractivity contribution in [1.82, 2.24) is 5.32 Å². The fraction of sp³-hybridized carbons (Fsp3) is 0.833. The number of rotatable bonds is 2. The molecule has 0 saturated heterocycles. The first-order chi connectivity index (χ1) is 5.85. The largest absolute Gasteiger partial charge is 0.299 e. The van der Waals surface area contributed by atoms with E-state index in [1.807, 2.05) is 0 Å². The summed E-state index contributed by atoms with van der Waals surface area (Å²) in [6.07, 6.45) is 9.26. The van der Waals surface area contributed by atoms with Crippen molar-refractivity contribution in [2.24, 2.45) is 5.41 Å². The second kappa shape index (κ2) is 3.35. The van der Waals surface area contributed by atoms with Crippen LogP contribution in [0.5, 0.6) is 0 Å². The Morgan fingerprint density at radius 2 is 2.08 bits per heavy atom. The average Bonchev–Trinajstić information content (AvgIpc) is 2.29. The van der Waals surface area contributed by atoms with Gasteiger partial charge in [-0.1, -0.05) is 19.8 Å². The lowest BCUT2D eigenvalue weighted by Gasteiger charge is -2.26. The number of hydrogen-bond acceptors (Lipinski definition) is 1. The highest BCUT2D eigenvalue weighted by molar-refractivity contribution is 5.09. The van der Waals surface area contributed by atoms with Gasteiger partial charge in [0.1, 0.15) is 0 Å². The predicted molar refractivity (Wildman–Crippen MR) is 57.5 cm³/mol. The van der Waals surface area contributed by atoms with E-state index in [0.29, 0.717) is 11.5 Å². The molecule has 1 N–H and O–H groups in total. The van der Waals surface area contributed by atoms with Gasteiger partial charge in [-0.2, -0.15) is 0 Å². The van der Waals surface area contributed by atoms with Crippen molar-refractivity contribution in [3.05, 3.63) is 0 Å². The van der Waals surface area contributed by atoms with Gasteiger partial charge < -0.3 is 0 Å². The van der Waals surface area contributed by atoms with E-state index in [1.54, 1.807) is 0 Å². The van der Waals surface area contributed by atoms with Gasteiger partial charge in [-0.15, -0.1) is 6.42 Å². The smallest absolute Gasteiger partial charge is 0.0743 e. The molecule has 0 aliphatic heterocycles. The van der Waals surface area contributed by atoms with Crippen LogP contribution in [0.4, 0.5) is 0 Å². The molecule has 74 valence electrons. The van der Waals surface area contributed by atoms with Crippen LogP contribution in [-0.4, -0.2) is 11.6 Å². The van der Waals surface area contributed by atoms with E-state index in [4.69, 9.17) is 6.42 Å². The van der Waals surface area contributed by atoms with Gasteiger partial charge >= 0.3 is 0 Å². The van der Waals surface area contributed by atoms with Crippen molar-refractivity contribution in [2.75, 3.05) is 0 Å². The molecule has 1 fully saturated rings. The molecule has 1 nitrogen and oxygen atoms in total. The first-order valence-electron chi connectivity index (χ1n) is 5.10. The van der Waals surface area contributed by atoms with E-state index < -0.39 is 0 Å². The summed E-state index contributed by atoms with van der Waals surface area (Å²) in [6.45, 7) is 8.80. The third-order valence-corrected chi connectivity index (χ3v) is 2.89. The van der Waals surface area contributed by atoms with Crippen LogP contribution >= 0.6 is 0 Å². The molecule has 0 amide bonds. The Hall–Kier alpha value is -0.480. The van der Waals surface area contributed by atoms with Crippen molar-refractivity contribution in [3.63, 3.8) is 0 Å². The summed E-state index contributed by atoms with van der Waals surface area (Å²) < 4.78 is 0. The quantitative estimate of drug-likeness (QED) is 0.642. The maximum absolute atomic E-state index is 5.44. The molecule has 0 radical (unpaired) electrons. The number of nitrogens with one attached hydrogen (secondary N) is 1. The van der Waals surface area contributed by atoms with E-state index >= 15 is 0 Å². The lowest BCUT2D eigenvalue weighted by Crippen LogP contribution is -2.44. The van der Waals surface area contributed by atoms with Crippen LogP contribution in [0.25, 0.3) is 0 Å². The Bertz CT molecular complexity index is 220. The topological polar surface area (TPSA) is 12.0 Å². The summed E-state index contributed by atoms with van der Waals surface area (Å²) in [5.74, 6) is 2.78. The summed E-state index contributed by atoms with van der Waals surface area (Å²) in [7, 11) is 0. The molecule has 13 heavy (non-hydrogen) atoms. The van der Waals surface area contributed by atoms with E-state index in [1.165, 1.54) is 19.3 Å². The SMILES string of the molecule is C#CC(C)(C)NC1CCC(C)(C)C1. The summed E-state index contributed by atoms with van der Waals surface area (Å²) in [5, 5.41) is 3.52. The van der Waals surface area contributed by atoms with Crippen molar-refractivity contribution in [3.8, 4) is 12.3 Å². The van der Waals surface area contributed by atoms with E-state index in [0.717, 1.165) is 0 Å². The zero-order valence-electron chi connectivity index (χ0n) is 9.28. The van der Waals surface area contributed by atoms with Crippen LogP contribution in [0.2, 0.25) is 0 Å². The molecule has 0 bridgehead atoms. The highest BCUT2D eigenvalue weighted by Gasteiger charge is 2.33. The van der Waals surface area contributed by atoms with Crippen LogP contribution in [0.15, 0.2) is 0 Å². The monoisotopic (exact) mass is 179 g/mol. The molecular weight excluding hydrogens is 158 g/mol. The van der Waals surface area contributed by atoms with Gasteiger partial charge in [0.25, 0.3) is 0 Å². The molecule has 1 rings (SSSR count). The minimum Gasteiger partial charge on any atom is -0.299 e. The highest BCUT2D eigenvalue weighted by atomic mass is 15.0. The first kappa shape index (κ1) is 10.6. The van der Waals surface area contributed by atoms with Crippen molar-refractivity contribution >= 4 is 0 Å². The molecule has 0 heterocycles. The van der Waals surface area contributed by atoms with E-state index in [-0.39, 0.29) is 5.54 Å². The summed E-state index contributed by atoms with van der Waals surface area (Å²) >= 11 is 0. The van der Waals surface area contributed by atoms with Gasteiger partial charge in [0.15, 0.2) is 0 Å². The third kappa shape index (κ3) is 3.04. The average molecular weight is 179 g/mol. The number of hydrogen-bond donors (Lipinski definition) is 1. The molecule has 0 aromatic heterocycles. The standard InChI is InChI=1S/C12H21N/c1-6-12(4,5)13-10-7-8-11(2,3)9-10/h1,10,13H,7-9H2,2-5H3. The van der Waals surface area contributed by atoms with Crippen LogP contribution in [0, 0.1) is 17.8 Å². The predicted octanol–water partition coefficient (Wildman–Crippen LogP) is 2.57. The molecule has 0 aromatic carbocycles. The molecule has 1 atom stereocenters. The minimum atomic E-state index is -0.148.